The Hall–Kier alpha value is -1.66. The fraction of sp³-hybridized carbons (Fsp3) is 0.400. The third kappa shape index (κ3) is 3.65. The van der Waals surface area contributed by atoms with Crippen molar-refractivity contribution in [3.63, 3.8) is 0 Å². The normalized spacial score (nSPS) is 13.0. The van der Waals surface area contributed by atoms with Crippen molar-refractivity contribution in [2.24, 2.45) is 4.99 Å². The van der Waals surface area contributed by atoms with E-state index in [2.05, 4.69) is 53.2 Å². The molecule has 19 heavy (non-hydrogen) atoms. The van der Waals surface area contributed by atoms with Crippen molar-refractivity contribution in [2.45, 2.75) is 13.8 Å². The lowest BCUT2D eigenvalue weighted by molar-refractivity contribution is 0.928. The molecule has 1 heterocycles. The minimum Gasteiger partial charge on any atom is -0.370 e. The van der Waals surface area contributed by atoms with E-state index in [4.69, 9.17) is 6.42 Å². The molecule has 102 valence electrons. The molecule has 3 nitrogen and oxygen atoms in total. The molecule has 0 amide bonds. The van der Waals surface area contributed by atoms with Crippen molar-refractivity contribution in [3.8, 4) is 12.3 Å². The highest BCUT2D eigenvalue weighted by molar-refractivity contribution is 5.88. The van der Waals surface area contributed by atoms with E-state index in [0.29, 0.717) is 6.54 Å². The van der Waals surface area contributed by atoms with Gasteiger partial charge in [-0.05, 0) is 31.0 Å². The summed E-state index contributed by atoms with van der Waals surface area (Å²) in [6.07, 6.45) is 5.48. The summed E-state index contributed by atoms with van der Waals surface area (Å²) in [5.41, 5.74) is 3.77. The Morgan fingerprint density at radius 3 is 2.84 bits per heavy atom. The second-order valence-electron chi connectivity index (χ2n) is 4.53. The highest BCUT2D eigenvalue weighted by Crippen LogP contribution is 2.22. The third-order valence-corrected chi connectivity index (χ3v) is 3.28. The molecule has 0 unspecified atom stereocenters. The van der Waals surface area contributed by atoms with Gasteiger partial charge in [-0.25, -0.2) is 0 Å². The van der Waals surface area contributed by atoms with Gasteiger partial charge in [-0.15, -0.1) is 18.8 Å². The van der Waals surface area contributed by atoms with Crippen LogP contribution in [0, 0.1) is 26.2 Å². The number of aliphatic imine (C=N–C) groups is 1. The zero-order valence-electron chi connectivity index (χ0n) is 11.4. The van der Waals surface area contributed by atoms with E-state index >= 15 is 0 Å². The molecule has 1 aromatic rings. The summed E-state index contributed by atoms with van der Waals surface area (Å²) in [4.78, 5) is 6.62. The first kappa shape index (κ1) is 15.4. The van der Waals surface area contributed by atoms with Crippen LogP contribution in [0.5, 0.6) is 0 Å². The molecule has 0 fully saturated rings. The van der Waals surface area contributed by atoms with Gasteiger partial charge in [0.05, 0.1) is 19.6 Å². The van der Waals surface area contributed by atoms with Gasteiger partial charge in [-0.2, -0.15) is 0 Å². The molecule has 1 aliphatic heterocycles. The molecule has 0 saturated carbocycles. The van der Waals surface area contributed by atoms with E-state index in [1.807, 2.05) is 0 Å². The molecular weight excluding hydrogens is 258 g/mol. The second kappa shape index (κ2) is 7.06. The zero-order valence-corrected chi connectivity index (χ0v) is 12.3. The number of hydrogen-bond donors (Lipinski definition) is 1. The summed E-state index contributed by atoms with van der Waals surface area (Å²) < 4.78 is 0. The van der Waals surface area contributed by atoms with Gasteiger partial charge in [0.1, 0.15) is 5.84 Å². The van der Waals surface area contributed by atoms with Crippen LogP contribution in [0.3, 0.4) is 0 Å². The summed E-state index contributed by atoms with van der Waals surface area (Å²) in [7, 11) is 0. The molecule has 1 aliphatic rings. The topological polar surface area (TPSA) is 27.6 Å². The minimum absolute atomic E-state index is 0. The van der Waals surface area contributed by atoms with Crippen molar-refractivity contribution in [1.82, 2.24) is 5.32 Å². The van der Waals surface area contributed by atoms with Crippen LogP contribution in [0.25, 0.3) is 0 Å². The van der Waals surface area contributed by atoms with Crippen LogP contribution in [-0.2, 0) is 0 Å². The lowest BCUT2D eigenvalue weighted by atomic mass is 10.1. The summed E-state index contributed by atoms with van der Waals surface area (Å²) in [6, 6.07) is 6.32. The van der Waals surface area contributed by atoms with Crippen molar-refractivity contribution in [1.29, 1.82) is 0 Å². The predicted molar refractivity (Wildman–Crippen MR) is 84.5 cm³/mol. The standard InChI is InChI=1S/C15H19N3.ClH/c1-4-10-18(11-15-16-8-9-17-15)14-7-5-6-12(2)13(14)3;/h1,5-7H,8-11H2,2-3H3,(H,16,17);1H. The van der Waals surface area contributed by atoms with Crippen LogP contribution in [0.2, 0.25) is 0 Å². The second-order valence-corrected chi connectivity index (χ2v) is 4.53. The maximum atomic E-state index is 5.48. The van der Waals surface area contributed by atoms with E-state index in [1.165, 1.54) is 16.8 Å². The Morgan fingerprint density at radius 1 is 1.42 bits per heavy atom. The van der Waals surface area contributed by atoms with Crippen molar-refractivity contribution < 1.29 is 0 Å². The minimum atomic E-state index is 0. The molecule has 0 bridgehead atoms. The van der Waals surface area contributed by atoms with Crippen molar-refractivity contribution in [3.05, 3.63) is 29.3 Å². The molecule has 1 aromatic carbocycles. The largest absolute Gasteiger partial charge is 0.370 e. The average molecular weight is 278 g/mol. The van der Waals surface area contributed by atoms with Gasteiger partial charge in [0.25, 0.3) is 0 Å². The van der Waals surface area contributed by atoms with Crippen molar-refractivity contribution in [2.75, 3.05) is 31.1 Å². The number of nitrogens with one attached hydrogen (secondary N) is 1. The molecule has 1 N–H and O–H groups in total. The molecule has 2 rings (SSSR count). The van der Waals surface area contributed by atoms with Crippen LogP contribution in [0.1, 0.15) is 11.1 Å². The van der Waals surface area contributed by atoms with E-state index < -0.39 is 0 Å². The quantitative estimate of drug-likeness (QED) is 0.854. The lowest BCUT2D eigenvalue weighted by Gasteiger charge is -2.25. The van der Waals surface area contributed by atoms with Crippen molar-refractivity contribution >= 4 is 23.9 Å². The Labute approximate surface area is 121 Å². The number of aryl methyl sites for hydroxylation is 1. The number of halogens is 1. The molecule has 4 heteroatoms. The van der Waals surface area contributed by atoms with Gasteiger partial charge in [-0.3, -0.25) is 4.99 Å². The molecule has 0 saturated heterocycles. The first-order chi connectivity index (χ1) is 8.72. The van der Waals surface area contributed by atoms with E-state index in [9.17, 15) is 0 Å². The molecule has 0 aliphatic carbocycles. The molecule has 0 spiro atoms. The van der Waals surface area contributed by atoms with Crippen LogP contribution in [0.4, 0.5) is 5.69 Å². The van der Waals surface area contributed by atoms with Gasteiger partial charge < -0.3 is 10.2 Å². The summed E-state index contributed by atoms with van der Waals surface area (Å²) in [5, 5.41) is 3.29. The molecule has 0 radical (unpaired) electrons. The summed E-state index contributed by atoms with van der Waals surface area (Å²) >= 11 is 0. The maximum Gasteiger partial charge on any atom is 0.116 e. The van der Waals surface area contributed by atoms with Gasteiger partial charge >= 0.3 is 0 Å². The predicted octanol–water partition coefficient (Wildman–Crippen LogP) is 2.17. The number of hydrogen-bond acceptors (Lipinski definition) is 3. The third-order valence-electron chi connectivity index (χ3n) is 3.28. The van der Waals surface area contributed by atoms with Crippen LogP contribution >= 0.6 is 12.4 Å². The van der Waals surface area contributed by atoms with Gasteiger partial charge in [0.2, 0.25) is 0 Å². The first-order valence-corrected chi connectivity index (χ1v) is 6.24. The van der Waals surface area contributed by atoms with Gasteiger partial charge in [0.15, 0.2) is 0 Å². The Morgan fingerprint density at radius 2 is 2.21 bits per heavy atom. The number of nitrogens with zero attached hydrogens (tertiary/aromatic N) is 2. The Bertz CT molecular complexity index is 503. The fourth-order valence-electron chi connectivity index (χ4n) is 2.15. The molecular formula is C15H20ClN3. The molecule has 0 aromatic heterocycles. The van der Waals surface area contributed by atoms with Crippen LogP contribution < -0.4 is 10.2 Å². The van der Waals surface area contributed by atoms with E-state index in [-0.39, 0.29) is 12.4 Å². The van der Waals surface area contributed by atoms with Crippen LogP contribution in [0.15, 0.2) is 23.2 Å². The SMILES string of the molecule is C#CCN(CC1=NCCN1)c1cccc(C)c1C.Cl. The highest BCUT2D eigenvalue weighted by Gasteiger charge is 2.13. The monoisotopic (exact) mass is 277 g/mol. The summed E-state index contributed by atoms with van der Waals surface area (Å²) in [6.45, 7) is 7.42. The smallest absolute Gasteiger partial charge is 0.116 e. The highest BCUT2D eigenvalue weighted by atomic mass is 35.5. The lowest BCUT2D eigenvalue weighted by Crippen LogP contribution is -2.36. The number of terminal acetylenes is 1. The number of rotatable bonds is 4. The van der Waals surface area contributed by atoms with E-state index in [1.54, 1.807) is 0 Å². The summed E-state index contributed by atoms with van der Waals surface area (Å²) in [5.74, 6) is 3.76. The number of anilines is 1. The maximum absolute atomic E-state index is 5.48. The Balaban J connectivity index is 0.00000180. The molecule has 0 atom stereocenters. The van der Waals surface area contributed by atoms with Gasteiger partial charge in [-0.1, -0.05) is 18.1 Å². The van der Waals surface area contributed by atoms with Crippen LogP contribution in [-0.4, -0.2) is 32.0 Å². The number of amidine groups is 1. The first-order valence-electron chi connectivity index (χ1n) is 6.24. The average Bonchev–Trinajstić information content (AvgIpc) is 2.85. The zero-order chi connectivity index (χ0) is 13.0. The van der Waals surface area contributed by atoms with Gasteiger partial charge in [0, 0.05) is 12.2 Å². The number of benzene rings is 1. The fourth-order valence-corrected chi connectivity index (χ4v) is 2.15. The Kier molecular flexibility index (Phi) is 5.72. The van der Waals surface area contributed by atoms with E-state index in [0.717, 1.165) is 25.5 Å².